The smallest absolute Gasteiger partial charge is 0.0938 e. The van der Waals surface area contributed by atoms with Gasteiger partial charge in [-0.25, -0.2) is 17.9 Å². The fourth-order valence-electron chi connectivity index (χ4n) is 1.51. The van der Waals surface area contributed by atoms with E-state index < -0.39 is 22.0 Å². The number of nitrogens with one attached hydrogen (secondary N) is 2. The number of rotatable bonds is 13. The summed E-state index contributed by atoms with van der Waals surface area (Å²) in [6.45, 7) is 12.1. The first-order valence-corrected chi connectivity index (χ1v) is 10.4. The molecule has 0 radical (unpaired) electrons. The molecule has 0 aromatic heterocycles. The van der Waals surface area contributed by atoms with Crippen molar-refractivity contribution >= 4 is 22.0 Å². The first-order valence-electron chi connectivity index (χ1n) is 7.74. The first-order chi connectivity index (χ1) is 10.2. The van der Waals surface area contributed by atoms with Crippen molar-refractivity contribution in [2.75, 3.05) is 37.8 Å². The van der Waals surface area contributed by atoms with Crippen LogP contribution in [0.4, 0.5) is 0 Å². The molecule has 0 aliphatic carbocycles. The molecule has 0 aromatic carbocycles. The van der Waals surface area contributed by atoms with Gasteiger partial charge in [-0.05, 0) is 34.1 Å². The molecule has 3 atom stereocenters. The lowest BCUT2D eigenvalue weighted by molar-refractivity contribution is 0.00664. The van der Waals surface area contributed by atoms with Crippen LogP contribution in [0.3, 0.4) is 0 Å². The van der Waals surface area contributed by atoms with Crippen LogP contribution in [0.2, 0.25) is 0 Å². The topological polar surface area (TPSA) is 76.7 Å². The maximum atomic E-state index is 11.7. The van der Waals surface area contributed by atoms with Gasteiger partial charge in [-0.1, -0.05) is 6.92 Å². The fraction of sp³-hybridized carbons (Fsp3) is 1.00. The van der Waals surface area contributed by atoms with Gasteiger partial charge in [0.25, 0.3) is 0 Å². The molecule has 134 valence electrons. The normalized spacial score (nSPS) is 16.4. The maximum absolute atomic E-state index is 11.7. The van der Waals surface area contributed by atoms with E-state index in [4.69, 9.17) is 9.47 Å². The summed E-state index contributed by atoms with van der Waals surface area (Å²) < 4.78 is 40.0. The van der Waals surface area contributed by atoms with Crippen LogP contribution in [0.25, 0.3) is 0 Å². The molecule has 0 amide bonds. The van der Waals surface area contributed by atoms with Gasteiger partial charge in [-0.15, -0.1) is 0 Å². The van der Waals surface area contributed by atoms with E-state index >= 15 is 0 Å². The van der Waals surface area contributed by atoms with E-state index in [1.54, 1.807) is 0 Å². The second-order valence-corrected chi connectivity index (χ2v) is 8.70. The van der Waals surface area contributed by atoms with Crippen LogP contribution in [0.1, 0.15) is 41.0 Å². The summed E-state index contributed by atoms with van der Waals surface area (Å²) in [5, 5.41) is 0. The molecule has 2 N–H and O–H groups in total. The van der Waals surface area contributed by atoms with Gasteiger partial charge in [0.15, 0.2) is 0 Å². The monoisotopic (exact) mass is 356 g/mol. The molecule has 0 spiro atoms. The lowest BCUT2D eigenvalue weighted by Gasteiger charge is -2.19. The zero-order valence-electron chi connectivity index (χ0n) is 14.5. The molecule has 0 saturated carbocycles. The zero-order valence-corrected chi connectivity index (χ0v) is 16.1. The van der Waals surface area contributed by atoms with E-state index in [9.17, 15) is 8.42 Å². The summed E-state index contributed by atoms with van der Waals surface area (Å²) in [6.07, 6.45) is 0.814. The Labute approximate surface area is 140 Å². The highest BCUT2D eigenvalue weighted by Gasteiger charge is 2.11. The fourth-order valence-corrected chi connectivity index (χ4v) is 2.95. The lowest BCUT2D eigenvalue weighted by Crippen LogP contribution is -2.29. The van der Waals surface area contributed by atoms with E-state index in [0.717, 1.165) is 6.42 Å². The molecule has 0 bridgehead atoms. The molecule has 3 unspecified atom stereocenters. The van der Waals surface area contributed by atoms with Gasteiger partial charge in [0.1, 0.15) is 0 Å². The van der Waals surface area contributed by atoms with Crippen molar-refractivity contribution in [3.05, 3.63) is 0 Å². The highest BCUT2D eigenvalue weighted by atomic mass is 32.2. The molecule has 6 nitrogen and oxygen atoms in total. The molecule has 0 rings (SSSR count). The third-order valence-electron chi connectivity index (χ3n) is 2.59. The van der Waals surface area contributed by atoms with Crippen molar-refractivity contribution < 1.29 is 17.9 Å². The van der Waals surface area contributed by atoms with Crippen molar-refractivity contribution in [2.24, 2.45) is 0 Å². The Morgan fingerprint density at radius 3 is 2.23 bits per heavy atom. The minimum Gasteiger partial charge on any atom is -0.377 e. The van der Waals surface area contributed by atoms with Gasteiger partial charge in [-0.3, -0.25) is 0 Å². The summed E-state index contributed by atoms with van der Waals surface area (Å²) >= 11 is 0. The van der Waals surface area contributed by atoms with Gasteiger partial charge in [0.05, 0.1) is 58.4 Å². The molecule has 22 heavy (non-hydrogen) atoms. The number of ether oxygens (including phenoxy) is 2. The Morgan fingerprint density at radius 2 is 1.64 bits per heavy atom. The Hall–Kier alpha value is 0.140. The van der Waals surface area contributed by atoms with E-state index in [2.05, 4.69) is 9.44 Å². The van der Waals surface area contributed by atoms with Crippen LogP contribution in [-0.2, 0) is 31.4 Å². The molecular weight excluding hydrogens is 324 g/mol. The molecular formula is C14H32N2O4S2. The first kappa shape index (κ1) is 22.1. The van der Waals surface area contributed by atoms with Crippen LogP contribution in [-0.4, -0.2) is 57.9 Å². The maximum Gasteiger partial charge on any atom is 0.0938 e. The van der Waals surface area contributed by atoms with Crippen LogP contribution in [0.5, 0.6) is 0 Å². The van der Waals surface area contributed by atoms with E-state index in [-0.39, 0.29) is 11.7 Å². The predicted octanol–water partition coefficient (Wildman–Crippen LogP) is 1.12. The average Bonchev–Trinajstić information content (AvgIpc) is 2.37. The predicted molar refractivity (Wildman–Crippen MR) is 93.4 cm³/mol. The van der Waals surface area contributed by atoms with E-state index in [1.807, 2.05) is 34.6 Å². The van der Waals surface area contributed by atoms with Gasteiger partial charge >= 0.3 is 0 Å². The van der Waals surface area contributed by atoms with Crippen molar-refractivity contribution in [1.29, 1.82) is 0 Å². The van der Waals surface area contributed by atoms with Gasteiger partial charge in [-0.2, -0.15) is 0 Å². The molecule has 8 heteroatoms. The van der Waals surface area contributed by atoms with Gasteiger partial charge < -0.3 is 9.47 Å². The molecule has 0 fully saturated rings. The minimum absolute atomic E-state index is 0.0500. The highest BCUT2D eigenvalue weighted by molar-refractivity contribution is 7.83. The Morgan fingerprint density at radius 1 is 1.05 bits per heavy atom. The Kier molecular flexibility index (Phi) is 12.6. The van der Waals surface area contributed by atoms with Crippen molar-refractivity contribution in [2.45, 2.75) is 52.7 Å². The van der Waals surface area contributed by atoms with Crippen LogP contribution in [0, 0.1) is 0 Å². The van der Waals surface area contributed by atoms with Gasteiger partial charge in [0, 0.05) is 13.1 Å². The summed E-state index contributed by atoms with van der Waals surface area (Å²) in [5.74, 6) is 0.968. The standard InChI is InChI=1S/C14H32N2O4S2/c1-6-15-21(17)11-9-19-13(2)7-8-16-22(18)12-10-20-14(3,4)5/h13,15-16H,6-12H2,1-5H3. The van der Waals surface area contributed by atoms with E-state index in [1.165, 1.54) is 0 Å². The van der Waals surface area contributed by atoms with Crippen molar-refractivity contribution in [3.8, 4) is 0 Å². The highest BCUT2D eigenvalue weighted by Crippen LogP contribution is 2.05. The SMILES string of the molecule is CCNS(=O)CCOC(C)CCNS(=O)CCOC(C)(C)C. The number of hydrogen-bond donors (Lipinski definition) is 2. The molecule has 0 aliphatic rings. The molecule has 0 heterocycles. The summed E-state index contributed by atoms with van der Waals surface area (Å²) in [4.78, 5) is 0. The Balaban J connectivity index is 3.56. The second kappa shape index (κ2) is 12.5. The summed E-state index contributed by atoms with van der Waals surface area (Å²) in [6, 6.07) is 0. The average molecular weight is 357 g/mol. The minimum atomic E-state index is -1.08. The van der Waals surface area contributed by atoms with Crippen LogP contribution < -0.4 is 9.44 Å². The van der Waals surface area contributed by atoms with Crippen LogP contribution >= 0.6 is 0 Å². The lowest BCUT2D eigenvalue weighted by atomic mass is 10.2. The quantitative estimate of drug-likeness (QED) is 0.518. The molecule has 0 aliphatic heterocycles. The second-order valence-electron chi connectivity index (χ2n) is 5.92. The molecule has 0 saturated heterocycles. The Bertz CT molecular complexity index is 335. The number of hydrogen-bond acceptors (Lipinski definition) is 4. The zero-order chi connectivity index (χ0) is 17.0. The largest absolute Gasteiger partial charge is 0.377 e. The summed E-state index contributed by atoms with van der Waals surface area (Å²) in [5.41, 5.74) is -0.195. The van der Waals surface area contributed by atoms with Crippen molar-refractivity contribution in [1.82, 2.24) is 9.44 Å². The molecule has 0 aromatic rings. The van der Waals surface area contributed by atoms with E-state index in [0.29, 0.717) is 37.8 Å². The summed E-state index contributed by atoms with van der Waals surface area (Å²) in [7, 11) is -2.09. The van der Waals surface area contributed by atoms with Gasteiger partial charge in [0.2, 0.25) is 0 Å². The third kappa shape index (κ3) is 15.1. The van der Waals surface area contributed by atoms with Crippen molar-refractivity contribution in [3.63, 3.8) is 0 Å². The van der Waals surface area contributed by atoms with Crippen LogP contribution in [0.15, 0.2) is 0 Å². The third-order valence-corrected chi connectivity index (χ3v) is 4.81.